The molecule has 2 aromatic carbocycles. The van der Waals surface area contributed by atoms with Crippen molar-refractivity contribution in [2.75, 3.05) is 29.1 Å². The van der Waals surface area contributed by atoms with Gasteiger partial charge >= 0.3 is 0 Å². The summed E-state index contributed by atoms with van der Waals surface area (Å²) in [7, 11) is 0. The predicted molar refractivity (Wildman–Crippen MR) is 109 cm³/mol. The summed E-state index contributed by atoms with van der Waals surface area (Å²) >= 11 is 0. The highest BCUT2D eigenvalue weighted by Gasteiger charge is 2.04. The number of benzene rings is 2. The van der Waals surface area contributed by atoms with Crippen LogP contribution >= 0.6 is 0 Å². The van der Waals surface area contributed by atoms with Crippen LogP contribution in [0.2, 0.25) is 0 Å². The van der Waals surface area contributed by atoms with Crippen LogP contribution in [0.4, 0.5) is 17.1 Å². The van der Waals surface area contributed by atoms with Crippen molar-refractivity contribution >= 4 is 28.9 Å². The first-order valence-electron chi connectivity index (χ1n) is 9.27. The summed E-state index contributed by atoms with van der Waals surface area (Å²) in [5, 5.41) is 8.69. The normalized spacial score (nSPS) is 10.1. The number of ether oxygens (including phenoxy) is 1. The van der Waals surface area contributed by atoms with Crippen LogP contribution < -0.4 is 20.7 Å². The third-order valence-electron chi connectivity index (χ3n) is 3.83. The Hall–Kier alpha value is -3.02. The van der Waals surface area contributed by atoms with E-state index in [1.165, 1.54) is 0 Å². The van der Waals surface area contributed by atoms with Gasteiger partial charge in [-0.3, -0.25) is 9.59 Å². The first-order chi connectivity index (χ1) is 13.1. The van der Waals surface area contributed by atoms with Crippen molar-refractivity contribution in [2.24, 2.45) is 0 Å². The fourth-order valence-corrected chi connectivity index (χ4v) is 2.31. The van der Waals surface area contributed by atoms with Crippen LogP contribution in [0.1, 0.15) is 33.1 Å². The lowest BCUT2D eigenvalue weighted by Gasteiger charge is -2.10. The van der Waals surface area contributed by atoms with Gasteiger partial charge in [-0.05, 0) is 42.8 Å². The second-order valence-corrected chi connectivity index (χ2v) is 6.11. The Bertz CT molecular complexity index is 745. The van der Waals surface area contributed by atoms with E-state index in [1.54, 1.807) is 19.1 Å². The van der Waals surface area contributed by atoms with Crippen LogP contribution in [0.15, 0.2) is 48.5 Å². The summed E-state index contributed by atoms with van der Waals surface area (Å²) in [4.78, 5) is 23.5. The maximum absolute atomic E-state index is 12.1. The molecular weight excluding hydrogens is 342 g/mol. The molecule has 3 N–H and O–H groups in total. The van der Waals surface area contributed by atoms with Crippen LogP contribution in [0.3, 0.4) is 0 Å². The molecule has 0 spiro atoms. The smallest absolute Gasteiger partial charge is 0.243 e. The summed E-state index contributed by atoms with van der Waals surface area (Å²) in [5.41, 5.74) is 2.24. The Morgan fingerprint density at radius 3 is 2.30 bits per heavy atom. The van der Waals surface area contributed by atoms with Crippen LogP contribution in [-0.2, 0) is 9.59 Å². The van der Waals surface area contributed by atoms with E-state index in [1.807, 2.05) is 36.4 Å². The van der Waals surface area contributed by atoms with Gasteiger partial charge in [0.2, 0.25) is 11.8 Å². The molecule has 0 atom stereocenters. The minimum atomic E-state index is -0.149. The van der Waals surface area contributed by atoms with Crippen molar-refractivity contribution in [3.8, 4) is 5.75 Å². The maximum Gasteiger partial charge on any atom is 0.243 e. The minimum absolute atomic E-state index is 0.0315. The molecule has 2 aromatic rings. The first-order valence-corrected chi connectivity index (χ1v) is 9.27. The van der Waals surface area contributed by atoms with E-state index in [4.69, 9.17) is 4.74 Å². The third kappa shape index (κ3) is 7.40. The average molecular weight is 369 g/mol. The molecule has 0 aliphatic heterocycles. The van der Waals surface area contributed by atoms with Crippen LogP contribution in [0.5, 0.6) is 5.75 Å². The quantitative estimate of drug-likeness (QED) is 0.547. The number of hydrogen-bond acceptors (Lipinski definition) is 4. The molecule has 0 saturated heterocycles. The molecule has 6 heteroatoms. The van der Waals surface area contributed by atoms with Crippen molar-refractivity contribution in [1.29, 1.82) is 0 Å². The molecule has 144 valence electrons. The van der Waals surface area contributed by atoms with E-state index >= 15 is 0 Å². The van der Waals surface area contributed by atoms with Gasteiger partial charge in [-0.25, -0.2) is 0 Å². The summed E-state index contributed by atoms with van der Waals surface area (Å²) in [5.74, 6) is 0.569. The van der Waals surface area contributed by atoms with E-state index in [0.717, 1.165) is 30.0 Å². The molecule has 2 amide bonds. The van der Waals surface area contributed by atoms with Gasteiger partial charge in [0.15, 0.2) is 0 Å². The first kappa shape index (κ1) is 20.3. The predicted octanol–water partition coefficient (Wildman–Crippen LogP) is 4.26. The van der Waals surface area contributed by atoms with Gasteiger partial charge in [-0.1, -0.05) is 26.3 Å². The number of carbonyl (C=O) groups excluding carboxylic acids is 2. The van der Waals surface area contributed by atoms with Crippen LogP contribution in [0, 0.1) is 0 Å². The number of rotatable bonds is 10. The molecule has 0 saturated carbocycles. The van der Waals surface area contributed by atoms with E-state index in [0.29, 0.717) is 18.7 Å². The molecule has 0 unspecified atom stereocenters. The van der Waals surface area contributed by atoms with Gasteiger partial charge in [0.05, 0.1) is 13.2 Å². The Morgan fingerprint density at radius 1 is 0.889 bits per heavy atom. The highest BCUT2D eigenvalue weighted by Crippen LogP contribution is 2.18. The maximum atomic E-state index is 12.1. The zero-order chi connectivity index (χ0) is 19.5. The fraction of sp³-hybridized carbons (Fsp3) is 0.333. The Balaban J connectivity index is 1.80. The highest BCUT2D eigenvalue weighted by atomic mass is 16.5. The Kier molecular flexibility index (Phi) is 8.16. The molecular formula is C21H27N3O3. The van der Waals surface area contributed by atoms with Crippen molar-refractivity contribution in [2.45, 2.75) is 33.1 Å². The molecule has 0 heterocycles. The second kappa shape index (κ2) is 10.9. The van der Waals surface area contributed by atoms with Crippen molar-refractivity contribution in [3.63, 3.8) is 0 Å². The molecule has 0 aliphatic rings. The zero-order valence-electron chi connectivity index (χ0n) is 15.9. The summed E-state index contributed by atoms with van der Waals surface area (Å²) in [6, 6.07) is 14.6. The largest absolute Gasteiger partial charge is 0.494 e. The van der Waals surface area contributed by atoms with Crippen LogP contribution in [0.25, 0.3) is 0 Å². The van der Waals surface area contributed by atoms with Gasteiger partial charge in [-0.2, -0.15) is 0 Å². The lowest BCUT2D eigenvalue weighted by molar-refractivity contribution is -0.116. The molecule has 0 aliphatic carbocycles. The SMILES string of the molecule is CCCCOc1cccc(NC(=O)CNc2ccc(NC(=O)CC)cc2)c1. The number of anilines is 3. The fourth-order valence-electron chi connectivity index (χ4n) is 2.31. The zero-order valence-corrected chi connectivity index (χ0v) is 15.9. The molecule has 0 bridgehead atoms. The number of carbonyl (C=O) groups is 2. The monoisotopic (exact) mass is 369 g/mol. The topological polar surface area (TPSA) is 79.5 Å². The Labute approximate surface area is 160 Å². The lowest BCUT2D eigenvalue weighted by Crippen LogP contribution is -2.21. The van der Waals surface area contributed by atoms with E-state index in [9.17, 15) is 9.59 Å². The van der Waals surface area contributed by atoms with E-state index in [2.05, 4.69) is 22.9 Å². The summed E-state index contributed by atoms with van der Waals surface area (Å²) in [6.45, 7) is 4.73. The number of hydrogen-bond donors (Lipinski definition) is 3. The van der Waals surface area contributed by atoms with Crippen molar-refractivity contribution in [1.82, 2.24) is 0 Å². The van der Waals surface area contributed by atoms with Crippen LogP contribution in [-0.4, -0.2) is 25.0 Å². The third-order valence-corrected chi connectivity index (χ3v) is 3.83. The summed E-state index contributed by atoms with van der Waals surface area (Å²) < 4.78 is 5.65. The molecule has 0 aromatic heterocycles. The van der Waals surface area contributed by atoms with E-state index < -0.39 is 0 Å². The highest BCUT2D eigenvalue weighted by molar-refractivity contribution is 5.94. The van der Waals surface area contributed by atoms with Gasteiger partial charge in [0.25, 0.3) is 0 Å². The van der Waals surface area contributed by atoms with Crippen molar-refractivity contribution < 1.29 is 14.3 Å². The molecule has 2 rings (SSSR count). The second-order valence-electron chi connectivity index (χ2n) is 6.11. The minimum Gasteiger partial charge on any atom is -0.494 e. The van der Waals surface area contributed by atoms with E-state index in [-0.39, 0.29) is 18.4 Å². The van der Waals surface area contributed by atoms with Gasteiger partial charge < -0.3 is 20.7 Å². The Morgan fingerprint density at radius 2 is 1.59 bits per heavy atom. The average Bonchev–Trinajstić information content (AvgIpc) is 2.68. The standard InChI is InChI=1S/C21H27N3O3/c1-3-5-13-27-19-8-6-7-18(14-19)24-21(26)15-22-16-9-11-17(12-10-16)23-20(25)4-2/h6-12,14,22H,3-5,13,15H2,1-2H3,(H,23,25)(H,24,26). The molecule has 0 fully saturated rings. The van der Waals surface area contributed by atoms with Crippen molar-refractivity contribution in [3.05, 3.63) is 48.5 Å². The number of unbranched alkanes of at least 4 members (excludes halogenated alkanes) is 1. The molecule has 6 nitrogen and oxygen atoms in total. The van der Waals surface area contributed by atoms with Gasteiger partial charge in [0.1, 0.15) is 5.75 Å². The summed E-state index contributed by atoms with van der Waals surface area (Å²) in [6.07, 6.45) is 2.51. The molecule has 0 radical (unpaired) electrons. The van der Waals surface area contributed by atoms with Gasteiger partial charge in [0, 0.05) is 29.5 Å². The lowest BCUT2D eigenvalue weighted by atomic mass is 10.2. The number of nitrogens with one attached hydrogen (secondary N) is 3. The number of amides is 2. The van der Waals surface area contributed by atoms with Gasteiger partial charge in [-0.15, -0.1) is 0 Å². The molecule has 27 heavy (non-hydrogen) atoms.